The largest absolute Gasteiger partial charge is 0.476 e. The van der Waals surface area contributed by atoms with Gasteiger partial charge in [0, 0.05) is 12.3 Å². The summed E-state index contributed by atoms with van der Waals surface area (Å²) in [5.41, 5.74) is -2.42. The fourth-order valence-electron chi connectivity index (χ4n) is 2.59. The first-order valence-electron chi connectivity index (χ1n) is 9.13. The molecule has 1 aliphatic rings. The molecule has 3 rings (SSSR count). The van der Waals surface area contributed by atoms with Crippen LogP contribution in [0.15, 0.2) is 28.3 Å². The van der Waals surface area contributed by atoms with Gasteiger partial charge in [-0.1, -0.05) is 23.2 Å². The molecule has 2 aromatic rings. The van der Waals surface area contributed by atoms with Crippen molar-refractivity contribution in [1.29, 1.82) is 5.26 Å². The molecule has 1 fully saturated rings. The number of thioether (sulfide) groups is 1. The van der Waals surface area contributed by atoms with Crippen LogP contribution in [0, 0.1) is 21.4 Å². The Hall–Kier alpha value is -2.68. The van der Waals surface area contributed by atoms with E-state index in [4.69, 9.17) is 34.2 Å². The van der Waals surface area contributed by atoms with E-state index in [1.165, 1.54) is 17.8 Å². The summed E-state index contributed by atoms with van der Waals surface area (Å²) in [7, 11) is -3.71. The van der Waals surface area contributed by atoms with Crippen molar-refractivity contribution in [1.82, 2.24) is 15.1 Å². The SMILES string of the molecule is N#Cc1nn(-c2c(Cl)cc(C(F)(F)F)cc2Cl)c(N)c1S(=O)C(F)(F)F.O=[N+]([O-])/C=C1/NCCCS1. The molecule has 0 aliphatic carbocycles. The van der Waals surface area contributed by atoms with Crippen LogP contribution in [0.5, 0.6) is 0 Å². The summed E-state index contributed by atoms with van der Waals surface area (Å²) in [4.78, 5) is 8.37. The van der Waals surface area contributed by atoms with Gasteiger partial charge in [-0.3, -0.25) is 10.1 Å². The van der Waals surface area contributed by atoms with Gasteiger partial charge in [-0.2, -0.15) is 36.7 Å². The van der Waals surface area contributed by atoms with Crippen LogP contribution in [0.2, 0.25) is 10.0 Å². The van der Waals surface area contributed by atoms with E-state index in [0.717, 1.165) is 24.9 Å². The van der Waals surface area contributed by atoms with Crippen LogP contribution in [0.1, 0.15) is 17.7 Å². The number of hydrogen-bond acceptors (Lipinski definition) is 8. The summed E-state index contributed by atoms with van der Waals surface area (Å²) >= 11 is 13.0. The number of nitriles is 1. The van der Waals surface area contributed by atoms with Gasteiger partial charge in [0.05, 0.1) is 20.5 Å². The molecule has 196 valence electrons. The number of hydrogen-bond donors (Lipinski definition) is 2. The second-order valence-corrected chi connectivity index (χ2v) is 9.85. The second kappa shape index (κ2) is 11.6. The standard InChI is InChI=1S/C12H4Cl2F6N4OS.C5H8N2O2S/c13-5-1-4(11(15,16)17)2-6(14)8(5)24-10(22)9(7(3-21)23-24)26(25)12(18,19)20;8-7(9)4-5-6-2-1-3-10-5/h1-2H,22H2;4,6H,1-3H2/b;5-4-. The Labute approximate surface area is 214 Å². The highest BCUT2D eigenvalue weighted by Gasteiger charge is 2.42. The van der Waals surface area contributed by atoms with E-state index in [9.17, 15) is 40.7 Å². The topological polar surface area (TPSA) is 140 Å². The first-order chi connectivity index (χ1) is 16.6. The zero-order chi connectivity index (χ0) is 27.4. The number of alkyl halides is 6. The van der Waals surface area contributed by atoms with Crippen molar-refractivity contribution >= 4 is 51.6 Å². The maximum atomic E-state index is 12.7. The summed E-state index contributed by atoms with van der Waals surface area (Å²) in [6.45, 7) is 0.854. The van der Waals surface area contributed by atoms with E-state index in [-0.39, 0.29) is 0 Å². The number of nitro groups is 1. The van der Waals surface area contributed by atoms with Crippen molar-refractivity contribution in [3.8, 4) is 11.8 Å². The summed E-state index contributed by atoms with van der Waals surface area (Å²) in [6, 6.07) is 2.19. The van der Waals surface area contributed by atoms with Crippen molar-refractivity contribution in [3.05, 3.63) is 54.8 Å². The van der Waals surface area contributed by atoms with Gasteiger partial charge in [-0.25, -0.2) is 8.89 Å². The Morgan fingerprint density at radius 1 is 1.28 bits per heavy atom. The Kier molecular flexibility index (Phi) is 9.51. The van der Waals surface area contributed by atoms with E-state index in [2.05, 4.69) is 10.4 Å². The zero-order valence-corrected chi connectivity index (χ0v) is 20.4. The molecular formula is C17H12Cl2F6N6O3S2. The zero-order valence-electron chi connectivity index (χ0n) is 17.3. The Balaban J connectivity index is 0.000000380. The summed E-state index contributed by atoms with van der Waals surface area (Å²) in [6.07, 6.45) is -2.69. The molecule has 1 saturated heterocycles. The molecule has 19 heteroatoms. The first-order valence-corrected chi connectivity index (χ1v) is 12.0. The van der Waals surface area contributed by atoms with Crippen LogP contribution in [0.25, 0.3) is 5.69 Å². The molecule has 1 atom stereocenters. The normalized spacial score (nSPS) is 15.9. The number of nitrogen functional groups attached to an aromatic ring is 1. The van der Waals surface area contributed by atoms with Gasteiger partial charge >= 0.3 is 11.7 Å². The summed E-state index contributed by atoms with van der Waals surface area (Å²) in [5, 5.41) is 24.6. The van der Waals surface area contributed by atoms with Crippen LogP contribution >= 0.6 is 35.0 Å². The van der Waals surface area contributed by atoms with Crippen LogP contribution in [-0.4, -0.2) is 36.7 Å². The number of nitrogens with two attached hydrogens (primary N) is 1. The molecule has 0 amide bonds. The molecule has 36 heavy (non-hydrogen) atoms. The highest BCUT2D eigenvalue weighted by atomic mass is 35.5. The average Bonchev–Trinajstić information content (AvgIpc) is 3.08. The number of benzene rings is 1. The molecule has 0 saturated carbocycles. The third-order valence-corrected chi connectivity index (χ3v) is 6.86. The Morgan fingerprint density at radius 3 is 2.28 bits per heavy atom. The highest BCUT2D eigenvalue weighted by Crippen LogP contribution is 2.40. The van der Waals surface area contributed by atoms with Crippen LogP contribution < -0.4 is 11.1 Å². The minimum Gasteiger partial charge on any atom is -0.383 e. The third-order valence-electron chi connectivity index (χ3n) is 4.03. The van der Waals surface area contributed by atoms with Crippen LogP contribution in [0.4, 0.5) is 32.2 Å². The van der Waals surface area contributed by atoms with Crippen molar-refractivity contribution in [3.63, 3.8) is 0 Å². The molecular weight excluding hydrogens is 585 g/mol. The fraction of sp³-hybridized carbons (Fsp3) is 0.294. The van der Waals surface area contributed by atoms with Crippen molar-refractivity contribution < 1.29 is 35.5 Å². The molecule has 0 spiro atoms. The quantitative estimate of drug-likeness (QED) is 0.284. The van der Waals surface area contributed by atoms with E-state index in [1.807, 2.05) is 0 Å². The first kappa shape index (κ1) is 29.5. The Bertz CT molecular complexity index is 1230. The third kappa shape index (κ3) is 7.18. The molecule has 3 N–H and O–H groups in total. The number of nitrogens with one attached hydrogen (secondary N) is 1. The fourth-order valence-corrected chi connectivity index (χ4v) is 4.88. The second-order valence-electron chi connectivity index (χ2n) is 6.49. The van der Waals surface area contributed by atoms with Crippen molar-refractivity contribution in [2.24, 2.45) is 0 Å². The van der Waals surface area contributed by atoms with Crippen LogP contribution in [-0.2, 0) is 17.0 Å². The maximum absolute atomic E-state index is 12.7. The van der Waals surface area contributed by atoms with Gasteiger partial charge in [-0.15, -0.1) is 11.8 Å². The molecule has 1 aromatic heterocycles. The lowest BCUT2D eigenvalue weighted by molar-refractivity contribution is -0.403. The van der Waals surface area contributed by atoms with Crippen molar-refractivity contribution in [2.45, 2.75) is 23.0 Å². The molecule has 1 unspecified atom stereocenters. The summed E-state index contributed by atoms with van der Waals surface area (Å²) in [5.74, 6) is 0.0768. The van der Waals surface area contributed by atoms with Gasteiger partial charge in [0.2, 0.25) is 0 Å². The lowest BCUT2D eigenvalue weighted by Crippen LogP contribution is -2.19. The van der Waals surface area contributed by atoms with Gasteiger partial charge < -0.3 is 11.1 Å². The maximum Gasteiger partial charge on any atom is 0.476 e. The number of halogens is 8. The van der Waals surface area contributed by atoms with Gasteiger partial charge in [0.25, 0.3) is 6.20 Å². The minimum absolute atomic E-state index is 0.430. The van der Waals surface area contributed by atoms with Crippen molar-refractivity contribution in [2.75, 3.05) is 18.0 Å². The van der Waals surface area contributed by atoms with E-state index in [1.54, 1.807) is 0 Å². The smallest absolute Gasteiger partial charge is 0.383 e. The summed E-state index contributed by atoms with van der Waals surface area (Å²) < 4.78 is 88.4. The average molecular weight is 597 g/mol. The molecule has 1 aromatic carbocycles. The number of rotatable bonds is 3. The number of anilines is 1. The highest BCUT2D eigenvalue weighted by molar-refractivity contribution is 8.03. The Morgan fingerprint density at radius 2 is 1.86 bits per heavy atom. The molecule has 0 bridgehead atoms. The number of aromatic nitrogens is 2. The van der Waals surface area contributed by atoms with E-state index >= 15 is 0 Å². The lowest BCUT2D eigenvalue weighted by atomic mass is 10.2. The van der Waals surface area contributed by atoms with Gasteiger partial charge in [0.15, 0.2) is 16.5 Å². The number of nitrogens with zero attached hydrogens (tertiary/aromatic N) is 4. The molecule has 2 heterocycles. The van der Waals surface area contributed by atoms with Crippen LogP contribution in [0.3, 0.4) is 0 Å². The molecule has 9 nitrogen and oxygen atoms in total. The predicted octanol–water partition coefficient (Wildman–Crippen LogP) is 5.07. The monoisotopic (exact) mass is 596 g/mol. The van der Waals surface area contributed by atoms with E-state index < -0.39 is 65.1 Å². The molecule has 0 radical (unpaired) electrons. The lowest BCUT2D eigenvalue weighted by Gasteiger charge is -2.13. The van der Waals surface area contributed by atoms with Gasteiger partial charge in [-0.05, 0) is 18.6 Å². The van der Waals surface area contributed by atoms with Gasteiger partial charge in [0.1, 0.15) is 27.5 Å². The predicted molar refractivity (Wildman–Crippen MR) is 120 cm³/mol. The molecule has 1 aliphatic heterocycles. The minimum atomic E-state index is -5.25. The van der Waals surface area contributed by atoms with E-state index in [0.29, 0.717) is 21.8 Å².